The molecule has 1 fully saturated rings. The van der Waals surface area contributed by atoms with E-state index in [9.17, 15) is 0 Å². The van der Waals surface area contributed by atoms with Crippen molar-refractivity contribution in [3.05, 3.63) is 35.9 Å². The number of hydrogen-bond donors (Lipinski definition) is 1. The Labute approximate surface area is 113 Å². The number of nitrogens with zero attached hydrogens (tertiary/aromatic N) is 2. The molecule has 0 aliphatic carbocycles. The van der Waals surface area contributed by atoms with Gasteiger partial charge in [0.15, 0.2) is 5.82 Å². The van der Waals surface area contributed by atoms with Crippen LogP contribution in [0.15, 0.2) is 30.3 Å². The Balaban J connectivity index is 1.96. The summed E-state index contributed by atoms with van der Waals surface area (Å²) in [5, 5.41) is 7.74. The first kappa shape index (κ1) is 12.2. The van der Waals surface area contributed by atoms with Gasteiger partial charge in [-0.15, -0.1) is 0 Å². The fraction of sp³-hybridized carbons (Fsp3) is 0.400. The minimum atomic E-state index is 0.788. The summed E-state index contributed by atoms with van der Waals surface area (Å²) in [5.74, 6) is 1.09. The molecule has 100 valence electrons. The predicted molar refractivity (Wildman–Crippen MR) is 76.4 cm³/mol. The third kappa shape index (κ3) is 2.36. The molecule has 1 aliphatic rings. The molecule has 0 atom stereocenters. The molecule has 1 aromatic heterocycles. The van der Waals surface area contributed by atoms with E-state index in [-0.39, 0.29) is 0 Å². The van der Waals surface area contributed by atoms with Crippen LogP contribution in [-0.2, 0) is 11.2 Å². The lowest BCUT2D eigenvalue weighted by Crippen LogP contribution is -2.37. The van der Waals surface area contributed by atoms with Gasteiger partial charge >= 0.3 is 0 Å². The van der Waals surface area contributed by atoms with Gasteiger partial charge in [0.2, 0.25) is 0 Å². The van der Waals surface area contributed by atoms with Crippen molar-refractivity contribution in [3.63, 3.8) is 0 Å². The summed E-state index contributed by atoms with van der Waals surface area (Å²) in [5.41, 5.74) is 3.64. The van der Waals surface area contributed by atoms with Gasteiger partial charge in [0, 0.05) is 18.7 Å². The molecule has 1 aliphatic heterocycles. The number of anilines is 1. The Morgan fingerprint density at radius 3 is 2.63 bits per heavy atom. The largest absolute Gasteiger partial charge is 0.378 e. The topological polar surface area (TPSA) is 41.1 Å². The van der Waals surface area contributed by atoms with Gasteiger partial charge in [-0.2, -0.15) is 5.10 Å². The molecule has 0 bridgehead atoms. The average molecular weight is 257 g/mol. The molecule has 1 saturated heterocycles. The van der Waals surface area contributed by atoms with Crippen LogP contribution in [0.2, 0.25) is 0 Å². The highest BCUT2D eigenvalue weighted by molar-refractivity contribution is 5.69. The van der Waals surface area contributed by atoms with E-state index in [1.54, 1.807) is 0 Å². The van der Waals surface area contributed by atoms with Crippen molar-refractivity contribution in [2.24, 2.45) is 0 Å². The van der Waals surface area contributed by atoms with E-state index in [1.807, 2.05) is 6.07 Å². The average Bonchev–Trinajstić information content (AvgIpc) is 2.93. The van der Waals surface area contributed by atoms with Gasteiger partial charge < -0.3 is 9.64 Å². The van der Waals surface area contributed by atoms with E-state index in [0.717, 1.165) is 44.2 Å². The number of ether oxygens (including phenoxy) is 1. The van der Waals surface area contributed by atoms with Crippen molar-refractivity contribution in [3.8, 4) is 11.3 Å². The second kappa shape index (κ2) is 5.45. The number of H-pyrrole nitrogens is 1. The molecule has 0 unspecified atom stereocenters. The normalized spacial score (nSPS) is 15.7. The van der Waals surface area contributed by atoms with Gasteiger partial charge in [0.05, 0.1) is 18.9 Å². The van der Waals surface area contributed by atoms with E-state index >= 15 is 0 Å². The zero-order chi connectivity index (χ0) is 13.1. The number of rotatable bonds is 3. The number of aromatic amines is 1. The first-order chi connectivity index (χ1) is 9.40. The highest BCUT2D eigenvalue weighted by atomic mass is 16.5. The summed E-state index contributed by atoms with van der Waals surface area (Å²) in [6, 6.07) is 10.4. The minimum absolute atomic E-state index is 0.788. The summed E-state index contributed by atoms with van der Waals surface area (Å²) in [4.78, 5) is 2.31. The van der Waals surface area contributed by atoms with Crippen LogP contribution in [0.4, 0.5) is 5.82 Å². The number of hydrogen-bond acceptors (Lipinski definition) is 3. The Hall–Kier alpha value is -1.81. The minimum Gasteiger partial charge on any atom is -0.378 e. The quantitative estimate of drug-likeness (QED) is 0.918. The van der Waals surface area contributed by atoms with Crippen LogP contribution in [-0.4, -0.2) is 36.5 Å². The first-order valence-electron chi connectivity index (χ1n) is 6.85. The maximum atomic E-state index is 5.41. The van der Waals surface area contributed by atoms with Crippen LogP contribution in [0.5, 0.6) is 0 Å². The standard InChI is InChI=1S/C15H19N3O/c1-2-13-14(12-6-4-3-5-7-12)16-17-15(13)18-8-10-19-11-9-18/h3-7H,2,8-11H2,1H3,(H,16,17). The van der Waals surface area contributed by atoms with Crippen LogP contribution in [0.3, 0.4) is 0 Å². The lowest BCUT2D eigenvalue weighted by Gasteiger charge is -2.27. The Kier molecular flexibility index (Phi) is 3.51. The van der Waals surface area contributed by atoms with Crippen LogP contribution < -0.4 is 4.90 Å². The van der Waals surface area contributed by atoms with Crippen molar-refractivity contribution in [1.29, 1.82) is 0 Å². The van der Waals surface area contributed by atoms with E-state index in [4.69, 9.17) is 4.74 Å². The van der Waals surface area contributed by atoms with Crippen molar-refractivity contribution in [2.45, 2.75) is 13.3 Å². The summed E-state index contributed by atoms with van der Waals surface area (Å²) in [6.07, 6.45) is 0.980. The third-order valence-electron chi connectivity index (χ3n) is 3.57. The SMILES string of the molecule is CCc1c(N2CCOCC2)n[nH]c1-c1ccccc1. The first-order valence-corrected chi connectivity index (χ1v) is 6.85. The second-order valence-electron chi connectivity index (χ2n) is 4.72. The Bertz CT molecular complexity index is 530. The summed E-state index contributed by atoms with van der Waals surface area (Å²) in [6.45, 7) is 5.60. The molecule has 0 amide bonds. The summed E-state index contributed by atoms with van der Waals surface area (Å²) < 4.78 is 5.41. The van der Waals surface area contributed by atoms with Crippen molar-refractivity contribution < 1.29 is 4.74 Å². The van der Waals surface area contributed by atoms with Crippen LogP contribution >= 0.6 is 0 Å². The molecule has 1 aromatic carbocycles. The van der Waals surface area contributed by atoms with Crippen LogP contribution in [0.25, 0.3) is 11.3 Å². The highest BCUT2D eigenvalue weighted by Crippen LogP contribution is 2.29. The van der Waals surface area contributed by atoms with E-state index < -0.39 is 0 Å². The van der Waals surface area contributed by atoms with Gasteiger partial charge in [-0.3, -0.25) is 5.10 Å². The number of morpholine rings is 1. The van der Waals surface area contributed by atoms with Gasteiger partial charge in [-0.1, -0.05) is 37.3 Å². The molecule has 1 N–H and O–H groups in total. The molecule has 2 aromatic rings. The second-order valence-corrected chi connectivity index (χ2v) is 4.72. The molecule has 0 saturated carbocycles. The van der Waals surface area contributed by atoms with Crippen LogP contribution in [0, 0.1) is 0 Å². The summed E-state index contributed by atoms with van der Waals surface area (Å²) in [7, 11) is 0. The van der Waals surface area contributed by atoms with Gasteiger partial charge in [-0.25, -0.2) is 0 Å². The Morgan fingerprint density at radius 2 is 1.95 bits per heavy atom. The molecule has 4 heteroatoms. The fourth-order valence-electron chi connectivity index (χ4n) is 2.57. The fourth-order valence-corrected chi connectivity index (χ4v) is 2.57. The summed E-state index contributed by atoms with van der Waals surface area (Å²) >= 11 is 0. The molecule has 0 spiro atoms. The monoisotopic (exact) mass is 257 g/mol. The zero-order valence-corrected chi connectivity index (χ0v) is 11.2. The lowest BCUT2D eigenvalue weighted by atomic mass is 10.1. The van der Waals surface area contributed by atoms with Gasteiger partial charge in [0.1, 0.15) is 0 Å². The van der Waals surface area contributed by atoms with Crippen molar-refractivity contribution in [2.75, 3.05) is 31.2 Å². The predicted octanol–water partition coefficient (Wildman–Crippen LogP) is 2.48. The van der Waals surface area contributed by atoms with Gasteiger partial charge in [-0.05, 0) is 12.0 Å². The van der Waals surface area contributed by atoms with Crippen molar-refractivity contribution >= 4 is 5.82 Å². The molecule has 4 nitrogen and oxygen atoms in total. The smallest absolute Gasteiger partial charge is 0.154 e. The van der Waals surface area contributed by atoms with E-state index in [2.05, 4.69) is 46.3 Å². The molecular weight excluding hydrogens is 238 g/mol. The molecular formula is C15H19N3O. The van der Waals surface area contributed by atoms with E-state index in [0.29, 0.717) is 0 Å². The van der Waals surface area contributed by atoms with Gasteiger partial charge in [0.25, 0.3) is 0 Å². The molecule has 3 rings (SSSR count). The third-order valence-corrected chi connectivity index (χ3v) is 3.57. The Morgan fingerprint density at radius 1 is 1.21 bits per heavy atom. The van der Waals surface area contributed by atoms with Crippen molar-refractivity contribution in [1.82, 2.24) is 10.2 Å². The maximum absolute atomic E-state index is 5.41. The molecule has 0 radical (unpaired) electrons. The molecule has 19 heavy (non-hydrogen) atoms. The lowest BCUT2D eigenvalue weighted by molar-refractivity contribution is 0.122. The maximum Gasteiger partial charge on any atom is 0.154 e. The number of benzene rings is 1. The zero-order valence-electron chi connectivity index (χ0n) is 11.2. The van der Waals surface area contributed by atoms with Crippen LogP contribution in [0.1, 0.15) is 12.5 Å². The van der Waals surface area contributed by atoms with E-state index in [1.165, 1.54) is 11.1 Å². The number of nitrogens with one attached hydrogen (secondary N) is 1. The highest BCUT2D eigenvalue weighted by Gasteiger charge is 2.20. The molecule has 2 heterocycles. The number of aromatic nitrogens is 2.